The van der Waals surface area contributed by atoms with Crippen molar-refractivity contribution in [3.63, 3.8) is 0 Å². The summed E-state index contributed by atoms with van der Waals surface area (Å²) in [6.07, 6.45) is 0. The number of ether oxygens (including phenoxy) is 1. The Balaban J connectivity index is 2.25. The van der Waals surface area contributed by atoms with Crippen LogP contribution in [0.3, 0.4) is 0 Å². The third-order valence-electron chi connectivity index (χ3n) is 2.50. The van der Waals surface area contributed by atoms with Crippen LogP contribution in [0.15, 0.2) is 24.3 Å². The number of anilines is 1. The highest BCUT2D eigenvalue weighted by atomic mass is 32.1. The molecule has 1 aromatic heterocycles. The molecule has 104 valence electrons. The summed E-state index contributed by atoms with van der Waals surface area (Å²) >= 11 is 1.23. The number of nitrogens with one attached hydrogen (secondary N) is 1. The minimum Gasteiger partial charge on any atom is -0.494 e. The number of nitro groups is 1. The molecule has 0 radical (unpaired) electrons. The lowest BCUT2D eigenvalue weighted by Gasteiger charge is -2.08. The van der Waals surface area contributed by atoms with Gasteiger partial charge in [-0.2, -0.15) is 4.37 Å². The van der Waals surface area contributed by atoms with Crippen LogP contribution >= 0.6 is 11.5 Å². The number of hydrogen-bond donors (Lipinski definition) is 1. The maximum absolute atomic E-state index is 12.0. The monoisotopic (exact) mass is 293 g/mol. The molecule has 0 unspecified atom stereocenters. The van der Waals surface area contributed by atoms with E-state index in [-0.39, 0.29) is 17.3 Å². The van der Waals surface area contributed by atoms with E-state index in [1.807, 2.05) is 6.92 Å². The van der Waals surface area contributed by atoms with E-state index >= 15 is 0 Å². The zero-order valence-corrected chi connectivity index (χ0v) is 11.6. The molecule has 1 aromatic carbocycles. The Morgan fingerprint density at radius 3 is 2.75 bits per heavy atom. The van der Waals surface area contributed by atoms with Gasteiger partial charge in [0.2, 0.25) is 0 Å². The van der Waals surface area contributed by atoms with Gasteiger partial charge in [-0.05, 0) is 30.6 Å². The van der Waals surface area contributed by atoms with Crippen molar-refractivity contribution in [2.75, 3.05) is 12.4 Å². The summed E-state index contributed by atoms with van der Waals surface area (Å²) in [7, 11) is 1.38. The number of carbonyl (C=O) groups is 1. The molecular weight excluding hydrogens is 282 g/mol. The van der Waals surface area contributed by atoms with Gasteiger partial charge in [0.15, 0.2) is 0 Å². The fraction of sp³-hybridized carbons (Fsp3) is 0.167. The molecule has 0 fully saturated rings. The number of non-ortho nitro benzene ring substituents is 1. The molecule has 0 aliphatic carbocycles. The number of nitrogens with zero attached hydrogens (tertiary/aromatic N) is 2. The van der Waals surface area contributed by atoms with E-state index in [2.05, 4.69) is 9.69 Å². The molecule has 0 aliphatic heterocycles. The molecule has 1 N–H and O–H groups in total. The first-order chi connectivity index (χ1) is 9.51. The Bertz CT molecular complexity index is 668. The number of methoxy groups -OCH3 is 1. The second-order valence-corrected chi connectivity index (χ2v) is 4.93. The molecule has 2 rings (SSSR count). The van der Waals surface area contributed by atoms with Crippen molar-refractivity contribution in [2.24, 2.45) is 0 Å². The molecule has 1 heterocycles. The van der Waals surface area contributed by atoms with Crippen molar-refractivity contribution in [3.8, 4) is 5.75 Å². The lowest BCUT2D eigenvalue weighted by molar-refractivity contribution is -0.384. The Labute approximate surface area is 118 Å². The number of hydrogen-bond acceptors (Lipinski definition) is 6. The zero-order valence-electron chi connectivity index (χ0n) is 10.7. The summed E-state index contributed by atoms with van der Waals surface area (Å²) in [6.45, 7) is 1.85. The molecule has 0 saturated heterocycles. The van der Waals surface area contributed by atoms with Gasteiger partial charge in [-0.25, -0.2) is 0 Å². The summed E-state index contributed by atoms with van der Waals surface area (Å²) in [5.41, 5.74) is 0.547. The van der Waals surface area contributed by atoms with Crippen LogP contribution in [0.1, 0.15) is 15.4 Å². The highest BCUT2D eigenvalue weighted by molar-refractivity contribution is 7.05. The first-order valence-corrected chi connectivity index (χ1v) is 6.35. The molecule has 20 heavy (non-hydrogen) atoms. The molecular formula is C12H11N3O4S. The zero-order chi connectivity index (χ0) is 14.7. The molecule has 1 amide bonds. The quantitative estimate of drug-likeness (QED) is 0.690. The second kappa shape index (κ2) is 5.66. The molecule has 0 spiro atoms. The lowest BCUT2D eigenvalue weighted by Crippen LogP contribution is -2.13. The maximum Gasteiger partial charge on any atom is 0.275 e. The predicted octanol–water partition coefficient (Wildman–Crippen LogP) is 2.62. The van der Waals surface area contributed by atoms with Crippen LogP contribution in [0.5, 0.6) is 5.75 Å². The van der Waals surface area contributed by atoms with Crippen molar-refractivity contribution >= 4 is 28.8 Å². The topological polar surface area (TPSA) is 94.4 Å². The molecule has 8 heteroatoms. The van der Waals surface area contributed by atoms with Gasteiger partial charge in [0.05, 0.1) is 23.8 Å². The van der Waals surface area contributed by atoms with E-state index < -0.39 is 4.92 Å². The lowest BCUT2D eigenvalue weighted by atomic mass is 10.2. The Kier molecular flexibility index (Phi) is 3.94. The highest BCUT2D eigenvalue weighted by Gasteiger charge is 2.15. The van der Waals surface area contributed by atoms with Gasteiger partial charge in [0.25, 0.3) is 11.6 Å². The number of amides is 1. The van der Waals surface area contributed by atoms with E-state index in [1.165, 1.54) is 36.8 Å². The third kappa shape index (κ3) is 2.91. The normalized spacial score (nSPS) is 10.1. The summed E-state index contributed by atoms with van der Waals surface area (Å²) in [6, 6.07) is 5.64. The molecule has 0 aliphatic rings. The number of aromatic nitrogens is 1. The number of carbonyl (C=O) groups excluding carboxylic acids is 1. The van der Waals surface area contributed by atoms with Gasteiger partial charge in [-0.1, -0.05) is 0 Å². The van der Waals surface area contributed by atoms with Gasteiger partial charge < -0.3 is 10.1 Å². The van der Waals surface area contributed by atoms with Gasteiger partial charge in [0.1, 0.15) is 11.4 Å². The molecule has 2 aromatic rings. The Morgan fingerprint density at radius 2 is 2.20 bits per heavy atom. The van der Waals surface area contributed by atoms with Crippen molar-refractivity contribution in [1.29, 1.82) is 0 Å². The average Bonchev–Trinajstić information content (AvgIpc) is 2.85. The van der Waals surface area contributed by atoms with Crippen molar-refractivity contribution < 1.29 is 14.5 Å². The smallest absolute Gasteiger partial charge is 0.275 e. The van der Waals surface area contributed by atoms with Gasteiger partial charge in [-0.3, -0.25) is 14.9 Å². The van der Waals surface area contributed by atoms with E-state index in [9.17, 15) is 14.9 Å². The van der Waals surface area contributed by atoms with E-state index in [0.717, 1.165) is 4.88 Å². The SMILES string of the molecule is COc1cc([N+](=O)[O-])ccc1NC(=O)c1cc(C)sn1. The van der Waals surface area contributed by atoms with Crippen molar-refractivity contribution in [1.82, 2.24) is 4.37 Å². The average molecular weight is 293 g/mol. The van der Waals surface area contributed by atoms with Crippen LogP contribution in [-0.4, -0.2) is 22.3 Å². The molecule has 7 nitrogen and oxygen atoms in total. The third-order valence-corrected chi connectivity index (χ3v) is 3.20. The van der Waals surface area contributed by atoms with Gasteiger partial charge in [0, 0.05) is 10.9 Å². The second-order valence-electron chi connectivity index (χ2n) is 3.92. The summed E-state index contributed by atoms with van der Waals surface area (Å²) in [5.74, 6) is -0.166. The standard InChI is InChI=1S/C12H11N3O4S/c1-7-5-10(14-20-7)12(16)13-9-4-3-8(15(17)18)6-11(9)19-2/h3-6H,1-2H3,(H,13,16). The summed E-state index contributed by atoms with van der Waals surface area (Å²) < 4.78 is 9.03. The van der Waals surface area contributed by atoms with Crippen LogP contribution in [0.4, 0.5) is 11.4 Å². The number of nitro benzene ring substituents is 1. The van der Waals surface area contributed by atoms with Gasteiger partial charge in [-0.15, -0.1) is 0 Å². The first-order valence-electron chi connectivity index (χ1n) is 5.58. The number of aryl methyl sites for hydroxylation is 1. The van der Waals surface area contributed by atoms with Crippen LogP contribution in [0, 0.1) is 17.0 Å². The fourth-order valence-corrected chi connectivity index (χ4v) is 2.10. The summed E-state index contributed by atoms with van der Waals surface area (Å²) in [5, 5.41) is 13.3. The van der Waals surface area contributed by atoms with Crippen LogP contribution in [0.25, 0.3) is 0 Å². The Hall–Kier alpha value is -2.48. The van der Waals surface area contributed by atoms with Gasteiger partial charge >= 0.3 is 0 Å². The fourth-order valence-electron chi connectivity index (χ4n) is 1.56. The van der Waals surface area contributed by atoms with Crippen LogP contribution in [0.2, 0.25) is 0 Å². The minimum absolute atomic E-state index is 0.107. The first kappa shape index (κ1) is 13.9. The van der Waals surface area contributed by atoms with Crippen molar-refractivity contribution in [2.45, 2.75) is 6.92 Å². The predicted molar refractivity (Wildman–Crippen MR) is 74.5 cm³/mol. The maximum atomic E-state index is 12.0. The molecule has 0 atom stereocenters. The van der Waals surface area contributed by atoms with Crippen LogP contribution in [-0.2, 0) is 0 Å². The Morgan fingerprint density at radius 1 is 1.45 bits per heavy atom. The van der Waals surface area contributed by atoms with Crippen molar-refractivity contribution in [3.05, 3.63) is 45.0 Å². The van der Waals surface area contributed by atoms with Crippen LogP contribution < -0.4 is 10.1 Å². The number of benzene rings is 1. The minimum atomic E-state index is -0.530. The summed E-state index contributed by atoms with van der Waals surface area (Å²) in [4.78, 5) is 23.0. The molecule has 0 bridgehead atoms. The number of rotatable bonds is 4. The largest absolute Gasteiger partial charge is 0.494 e. The van der Waals surface area contributed by atoms with E-state index in [0.29, 0.717) is 11.4 Å². The molecule has 0 saturated carbocycles. The van der Waals surface area contributed by atoms with E-state index in [4.69, 9.17) is 4.74 Å². The highest BCUT2D eigenvalue weighted by Crippen LogP contribution is 2.29. The van der Waals surface area contributed by atoms with E-state index in [1.54, 1.807) is 6.07 Å².